The van der Waals surface area contributed by atoms with E-state index in [1.54, 1.807) is 29.4 Å². The number of aromatic nitrogens is 4. The van der Waals surface area contributed by atoms with Gasteiger partial charge in [0.1, 0.15) is 10.8 Å². The minimum Gasteiger partial charge on any atom is -0.497 e. The molecule has 7 nitrogen and oxygen atoms in total. The Morgan fingerprint density at radius 1 is 1.24 bits per heavy atom. The van der Waals surface area contributed by atoms with Crippen LogP contribution in [0, 0.1) is 0 Å². The number of allylic oxidation sites excluding steroid dienone is 1. The summed E-state index contributed by atoms with van der Waals surface area (Å²) in [5.74, 6) is 1.76. The molecule has 9 heteroatoms. The van der Waals surface area contributed by atoms with E-state index in [9.17, 15) is 4.79 Å². The fourth-order valence-electron chi connectivity index (χ4n) is 3.32. The maximum Gasteiger partial charge on any atom is 0.233 e. The molecule has 0 aliphatic heterocycles. The fraction of sp³-hybridized carbons (Fsp3) is 0.250. The van der Waals surface area contributed by atoms with E-state index >= 15 is 0 Å². The number of nitrogens with zero attached hydrogens (tertiary/aromatic N) is 5. The lowest BCUT2D eigenvalue weighted by Crippen LogP contribution is -2.31. The van der Waals surface area contributed by atoms with Crippen LogP contribution in [0.1, 0.15) is 18.0 Å². The Morgan fingerprint density at radius 3 is 2.70 bits per heavy atom. The van der Waals surface area contributed by atoms with Crippen LogP contribution >= 0.6 is 23.1 Å². The highest BCUT2D eigenvalue weighted by Gasteiger charge is 2.22. The zero-order valence-electron chi connectivity index (χ0n) is 18.8. The van der Waals surface area contributed by atoms with E-state index in [4.69, 9.17) is 9.72 Å². The lowest BCUT2D eigenvalue weighted by atomic mass is 10.2. The molecule has 0 bridgehead atoms. The number of rotatable bonds is 9. The van der Waals surface area contributed by atoms with Gasteiger partial charge in [-0.15, -0.1) is 28.1 Å². The van der Waals surface area contributed by atoms with Crippen LogP contribution in [0.4, 0.5) is 0 Å². The van der Waals surface area contributed by atoms with Crippen molar-refractivity contribution in [1.29, 1.82) is 0 Å². The number of benzene rings is 2. The molecule has 0 saturated carbocycles. The van der Waals surface area contributed by atoms with Gasteiger partial charge < -0.3 is 9.64 Å². The topological polar surface area (TPSA) is 73.1 Å². The average molecular weight is 480 g/mol. The van der Waals surface area contributed by atoms with Gasteiger partial charge >= 0.3 is 0 Å². The first kappa shape index (κ1) is 23.0. The number of amides is 1. The smallest absolute Gasteiger partial charge is 0.233 e. The van der Waals surface area contributed by atoms with Gasteiger partial charge in [-0.05, 0) is 43.3 Å². The highest BCUT2D eigenvalue weighted by Crippen LogP contribution is 2.30. The predicted octanol–water partition coefficient (Wildman–Crippen LogP) is 5.06. The van der Waals surface area contributed by atoms with E-state index < -0.39 is 0 Å². The molecule has 33 heavy (non-hydrogen) atoms. The number of para-hydroxylation sites is 1. The molecular formula is C24H25N5O2S2. The number of carbonyl (C=O) groups excluding carboxylic acids is 1. The van der Waals surface area contributed by atoms with E-state index in [1.807, 2.05) is 67.1 Å². The third-order valence-corrected chi connectivity index (χ3v) is 7.50. The van der Waals surface area contributed by atoms with Crippen molar-refractivity contribution in [2.45, 2.75) is 24.7 Å². The monoisotopic (exact) mass is 479 g/mol. The molecule has 4 aromatic rings. The summed E-state index contributed by atoms with van der Waals surface area (Å²) in [5, 5.41) is 10.3. The summed E-state index contributed by atoms with van der Waals surface area (Å²) < 4.78 is 8.32. The summed E-state index contributed by atoms with van der Waals surface area (Å²) in [7, 11) is 3.45. The second kappa shape index (κ2) is 10.2. The van der Waals surface area contributed by atoms with Crippen molar-refractivity contribution >= 4 is 39.2 Å². The lowest BCUT2D eigenvalue weighted by molar-refractivity contribution is -0.128. The van der Waals surface area contributed by atoms with E-state index in [0.717, 1.165) is 32.4 Å². The third-order valence-electron chi connectivity index (χ3n) is 5.34. The van der Waals surface area contributed by atoms with E-state index in [0.29, 0.717) is 11.7 Å². The van der Waals surface area contributed by atoms with Crippen LogP contribution in [-0.4, -0.2) is 50.5 Å². The van der Waals surface area contributed by atoms with Gasteiger partial charge in [-0.2, -0.15) is 0 Å². The van der Waals surface area contributed by atoms with Crippen molar-refractivity contribution in [3.8, 4) is 17.1 Å². The predicted molar refractivity (Wildman–Crippen MR) is 134 cm³/mol. The van der Waals surface area contributed by atoms with Crippen LogP contribution in [0.5, 0.6) is 5.75 Å². The Balaban J connectivity index is 1.46. The van der Waals surface area contributed by atoms with Gasteiger partial charge in [-0.1, -0.05) is 30.0 Å². The van der Waals surface area contributed by atoms with Crippen molar-refractivity contribution < 1.29 is 9.53 Å². The molecule has 2 aromatic carbocycles. The number of fused-ring (bicyclic) bond motifs is 1. The molecule has 0 saturated heterocycles. The molecule has 0 aliphatic carbocycles. The molecule has 0 radical (unpaired) electrons. The number of carbonyl (C=O) groups is 1. The Labute approximate surface area is 201 Å². The average Bonchev–Trinajstić information content (AvgIpc) is 3.46. The molecule has 0 N–H and O–H groups in total. The van der Waals surface area contributed by atoms with Crippen LogP contribution in [0.15, 0.2) is 66.3 Å². The standard InChI is InChI=1S/C24H25N5O2S2/c1-5-14-29-22(17-10-12-18(31-4)13-11-17)26-27-24(29)32-15-21(30)28(3)16(2)23-25-19-8-6-7-9-20(19)33-23/h5-13,16H,1,14-15H2,2-4H3/t16-/m1/s1. The second-order valence-electron chi connectivity index (χ2n) is 7.42. The Kier molecular flexibility index (Phi) is 7.10. The highest BCUT2D eigenvalue weighted by molar-refractivity contribution is 7.99. The van der Waals surface area contributed by atoms with E-state index in [-0.39, 0.29) is 17.7 Å². The van der Waals surface area contributed by atoms with Crippen molar-refractivity contribution in [3.05, 3.63) is 66.2 Å². The Bertz CT molecular complexity index is 1230. The van der Waals surface area contributed by atoms with Crippen molar-refractivity contribution in [1.82, 2.24) is 24.6 Å². The summed E-state index contributed by atoms with van der Waals surface area (Å²) in [5.41, 5.74) is 1.88. The second-order valence-corrected chi connectivity index (χ2v) is 9.43. The normalized spacial score (nSPS) is 12.0. The minimum absolute atomic E-state index is 0.00547. The largest absolute Gasteiger partial charge is 0.497 e. The zero-order chi connectivity index (χ0) is 23.4. The van der Waals surface area contributed by atoms with Gasteiger partial charge in [0.15, 0.2) is 11.0 Å². The zero-order valence-corrected chi connectivity index (χ0v) is 20.4. The van der Waals surface area contributed by atoms with Crippen molar-refractivity contribution in [3.63, 3.8) is 0 Å². The van der Waals surface area contributed by atoms with Gasteiger partial charge in [0.05, 0.1) is 29.1 Å². The Hall–Kier alpha value is -3.17. The summed E-state index contributed by atoms with van der Waals surface area (Å²) in [6.45, 7) is 6.40. The first-order valence-electron chi connectivity index (χ1n) is 10.4. The summed E-state index contributed by atoms with van der Waals surface area (Å²) in [6.07, 6.45) is 1.80. The molecule has 1 atom stereocenters. The van der Waals surface area contributed by atoms with Gasteiger partial charge in [-0.3, -0.25) is 9.36 Å². The van der Waals surface area contributed by atoms with Crippen LogP contribution in [-0.2, 0) is 11.3 Å². The van der Waals surface area contributed by atoms with Crippen molar-refractivity contribution in [2.75, 3.05) is 19.9 Å². The van der Waals surface area contributed by atoms with Gasteiger partial charge in [-0.25, -0.2) is 4.98 Å². The molecule has 2 aromatic heterocycles. The first-order valence-corrected chi connectivity index (χ1v) is 12.2. The highest BCUT2D eigenvalue weighted by atomic mass is 32.2. The number of methoxy groups -OCH3 is 1. The SMILES string of the molecule is C=CCn1c(SCC(=O)N(C)[C@H](C)c2nc3ccccc3s2)nnc1-c1ccc(OC)cc1. The van der Waals surface area contributed by atoms with Gasteiger partial charge in [0.25, 0.3) is 0 Å². The van der Waals surface area contributed by atoms with E-state index in [2.05, 4.69) is 16.8 Å². The molecule has 0 unspecified atom stereocenters. The molecule has 1 amide bonds. The van der Waals surface area contributed by atoms with Crippen LogP contribution < -0.4 is 4.74 Å². The van der Waals surface area contributed by atoms with Gasteiger partial charge in [0.2, 0.25) is 5.91 Å². The fourth-order valence-corrected chi connectivity index (χ4v) is 5.26. The van der Waals surface area contributed by atoms with Crippen LogP contribution in [0.25, 0.3) is 21.6 Å². The molecule has 4 rings (SSSR count). The minimum atomic E-state index is -0.114. The van der Waals surface area contributed by atoms with Crippen molar-refractivity contribution in [2.24, 2.45) is 0 Å². The maximum absolute atomic E-state index is 13.0. The number of ether oxygens (including phenoxy) is 1. The molecule has 2 heterocycles. The summed E-state index contributed by atoms with van der Waals surface area (Å²) in [4.78, 5) is 19.4. The maximum atomic E-state index is 13.0. The molecule has 0 fully saturated rings. The molecule has 170 valence electrons. The number of hydrogen-bond donors (Lipinski definition) is 0. The van der Waals surface area contributed by atoms with E-state index in [1.165, 1.54) is 11.8 Å². The molecule has 0 aliphatic rings. The Morgan fingerprint density at radius 2 is 2.00 bits per heavy atom. The number of thioether (sulfide) groups is 1. The van der Waals surface area contributed by atoms with Gasteiger partial charge in [0, 0.05) is 19.2 Å². The molecular weight excluding hydrogens is 454 g/mol. The summed E-state index contributed by atoms with van der Waals surface area (Å²) in [6, 6.07) is 15.6. The quantitative estimate of drug-likeness (QED) is 0.247. The van der Waals surface area contributed by atoms with Crippen LogP contribution in [0.2, 0.25) is 0 Å². The number of hydrogen-bond acceptors (Lipinski definition) is 7. The van der Waals surface area contributed by atoms with Crippen LogP contribution in [0.3, 0.4) is 0 Å². The summed E-state index contributed by atoms with van der Waals surface area (Å²) >= 11 is 2.99. The number of thiazole rings is 1. The first-order chi connectivity index (χ1) is 16.0. The lowest BCUT2D eigenvalue weighted by Gasteiger charge is -2.23. The molecule has 0 spiro atoms. The third kappa shape index (κ3) is 4.94.